The second-order valence-electron chi connectivity index (χ2n) is 4.24. The number of rotatable bonds is 7. The molecule has 20 heavy (non-hydrogen) atoms. The van der Waals surface area contributed by atoms with Gasteiger partial charge in [0.15, 0.2) is 0 Å². The van der Waals surface area contributed by atoms with Crippen LogP contribution >= 0.6 is 0 Å². The van der Waals surface area contributed by atoms with E-state index in [0.717, 1.165) is 5.56 Å². The van der Waals surface area contributed by atoms with Gasteiger partial charge < -0.3 is 9.47 Å². The molecule has 0 aromatic heterocycles. The molecule has 0 heterocycles. The molecule has 1 rings (SSSR count). The van der Waals surface area contributed by atoms with Crippen molar-refractivity contribution in [3.8, 4) is 0 Å². The third-order valence-electron chi connectivity index (χ3n) is 2.40. The van der Waals surface area contributed by atoms with Crippen LogP contribution in [0.1, 0.15) is 12.5 Å². The first kappa shape index (κ1) is 16.6. The van der Waals surface area contributed by atoms with Gasteiger partial charge in [0.2, 0.25) is 0 Å². The second-order valence-corrected chi connectivity index (χ2v) is 5.85. The van der Waals surface area contributed by atoms with Crippen LogP contribution in [0.15, 0.2) is 29.2 Å². The quantitative estimate of drug-likeness (QED) is 0.557. The Bertz CT molecular complexity index is 534. The molecule has 0 aliphatic carbocycles. The number of methoxy groups -OCH3 is 1. The van der Waals surface area contributed by atoms with Gasteiger partial charge in [-0.05, 0) is 19.1 Å². The van der Waals surface area contributed by atoms with Gasteiger partial charge in [0.1, 0.15) is 12.7 Å². The summed E-state index contributed by atoms with van der Waals surface area (Å²) in [6.07, 6.45) is -0.766. The Hall–Kier alpha value is -1.44. The highest BCUT2D eigenvalue weighted by Crippen LogP contribution is 2.14. The molecule has 0 aliphatic heterocycles. The average molecular weight is 302 g/mol. The molecular weight excluding hydrogens is 284 g/mol. The highest BCUT2D eigenvalue weighted by atomic mass is 32.2. The molecule has 1 aromatic carbocycles. The highest BCUT2D eigenvalue weighted by molar-refractivity contribution is 7.86. The van der Waals surface area contributed by atoms with Crippen LogP contribution in [-0.4, -0.2) is 40.8 Å². The van der Waals surface area contributed by atoms with E-state index in [1.165, 1.54) is 26.2 Å². The van der Waals surface area contributed by atoms with Crippen LogP contribution in [0.3, 0.4) is 0 Å². The van der Waals surface area contributed by atoms with Crippen molar-refractivity contribution in [2.24, 2.45) is 0 Å². The van der Waals surface area contributed by atoms with Gasteiger partial charge in [-0.2, -0.15) is 8.42 Å². The molecule has 0 saturated heterocycles. The average Bonchev–Trinajstić information content (AvgIpc) is 2.36. The molecule has 0 unspecified atom stereocenters. The summed E-state index contributed by atoms with van der Waals surface area (Å²) in [5, 5.41) is 0. The maximum atomic E-state index is 11.9. The first-order valence-electron chi connectivity index (χ1n) is 5.97. The topological polar surface area (TPSA) is 78.9 Å². The van der Waals surface area contributed by atoms with E-state index in [-0.39, 0.29) is 18.1 Å². The van der Waals surface area contributed by atoms with E-state index < -0.39 is 22.2 Å². The lowest BCUT2D eigenvalue weighted by molar-refractivity contribution is -0.150. The first-order valence-corrected chi connectivity index (χ1v) is 7.38. The van der Waals surface area contributed by atoms with Gasteiger partial charge in [-0.15, -0.1) is 0 Å². The normalized spacial score (nSPS) is 12.9. The van der Waals surface area contributed by atoms with Crippen LogP contribution in [0.4, 0.5) is 0 Å². The molecular formula is C13H18O6S. The fourth-order valence-corrected chi connectivity index (χ4v) is 2.41. The molecule has 112 valence electrons. The summed E-state index contributed by atoms with van der Waals surface area (Å²) >= 11 is 0. The Morgan fingerprint density at radius 3 is 2.30 bits per heavy atom. The third-order valence-corrected chi connectivity index (χ3v) is 3.70. The zero-order valence-corrected chi connectivity index (χ0v) is 12.5. The van der Waals surface area contributed by atoms with E-state index in [2.05, 4.69) is 0 Å². The molecule has 7 heteroatoms. The van der Waals surface area contributed by atoms with Crippen LogP contribution < -0.4 is 0 Å². The fraction of sp³-hybridized carbons (Fsp3) is 0.462. The monoisotopic (exact) mass is 302 g/mol. The van der Waals surface area contributed by atoms with Gasteiger partial charge in [-0.3, -0.25) is 8.98 Å². The molecule has 0 aliphatic rings. The van der Waals surface area contributed by atoms with E-state index in [1.54, 1.807) is 12.1 Å². The standard InChI is InChI=1S/C13H18O6S/c1-10-4-6-13(7-5-10)20(15,16)18-9-12(8-17-3)19-11(2)14/h4-7,12H,8-9H2,1-3H3/t12-/m1/s1. The van der Waals surface area contributed by atoms with Crippen molar-refractivity contribution in [3.05, 3.63) is 29.8 Å². The number of carbonyl (C=O) groups is 1. The van der Waals surface area contributed by atoms with E-state index >= 15 is 0 Å². The number of esters is 1. The molecule has 0 radical (unpaired) electrons. The largest absolute Gasteiger partial charge is 0.458 e. The maximum absolute atomic E-state index is 11.9. The SMILES string of the molecule is COC[C@H](COS(=O)(=O)c1ccc(C)cc1)OC(C)=O. The molecule has 0 bridgehead atoms. The van der Waals surface area contributed by atoms with E-state index in [9.17, 15) is 13.2 Å². The maximum Gasteiger partial charge on any atom is 0.303 e. The van der Waals surface area contributed by atoms with Crippen LogP contribution in [0.25, 0.3) is 0 Å². The van der Waals surface area contributed by atoms with Gasteiger partial charge in [0.25, 0.3) is 10.1 Å². The summed E-state index contributed by atoms with van der Waals surface area (Å²) in [5.74, 6) is -0.525. The predicted octanol–water partition coefficient (Wildman–Crippen LogP) is 1.28. The molecule has 6 nitrogen and oxygen atoms in total. The van der Waals surface area contributed by atoms with Crippen LogP contribution in [0, 0.1) is 6.92 Å². The minimum atomic E-state index is -3.87. The number of benzene rings is 1. The van der Waals surface area contributed by atoms with Gasteiger partial charge in [0, 0.05) is 14.0 Å². The Kier molecular flexibility index (Phi) is 6.12. The van der Waals surface area contributed by atoms with E-state index in [0.29, 0.717) is 0 Å². The van der Waals surface area contributed by atoms with Crippen molar-refractivity contribution >= 4 is 16.1 Å². The molecule has 0 spiro atoms. The van der Waals surface area contributed by atoms with Crippen molar-refractivity contribution in [1.29, 1.82) is 0 Å². The predicted molar refractivity (Wildman–Crippen MR) is 71.7 cm³/mol. The number of aryl methyl sites for hydroxylation is 1. The lowest BCUT2D eigenvalue weighted by Crippen LogP contribution is -2.28. The lowest BCUT2D eigenvalue weighted by Gasteiger charge is -2.16. The fourth-order valence-electron chi connectivity index (χ4n) is 1.48. The summed E-state index contributed by atoms with van der Waals surface area (Å²) in [4.78, 5) is 10.9. The summed E-state index contributed by atoms with van der Waals surface area (Å²) < 4.78 is 38.5. The van der Waals surface area contributed by atoms with Crippen molar-refractivity contribution in [2.75, 3.05) is 20.3 Å². The number of hydrogen-bond acceptors (Lipinski definition) is 6. The van der Waals surface area contributed by atoms with Crippen LogP contribution in [0.2, 0.25) is 0 Å². The van der Waals surface area contributed by atoms with Crippen molar-refractivity contribution in [1.82, 2.24) is 0 Å². The van der Waals surface area contributed by atoms with E-state index in [4.69, 9.17) is 13.7 Å². The Labute approximate surface area is 118 Å². The van der Waals surface area contributed by atoms with Gasteiger partial charge in [-0.1, -0.05) is 17.7 Å². The third kappa shape index (κ3) is 5.28. The highest BCUT2D eigenvalue weighted by Gasteiger charge is 2.20. The summed E-state index contributed by atoms with van der Waals surface area (Å²) in [6.45, 7) is 2.86. The molecule has 1 atom stereocenters. The number of ether oxygens (including phenoxy) is 2. The summed E-state index contributed by atoms with van der Waals surface area (Å²) in [5.41, 5.74) is 0.945. The van der Waals surface area contributed by atoms with Crippen molar-refractivity contribution in [2.45, 2.75) is 24.8 Å². The van der Waals surface area contributed by atoms with Crippen molar-refractivity contribution in [3.63, 3.8) is 0 Å². The number of carbonyl (C=O) groups excluding carboxylic acids is 1. The summed E-state index contributed by atoms with van der Waals surface area (Å²) in [7, 11) is -2.45. The molecule has 0 N–H and O–H groups in total. The Morgan fingerprint density at radius 1 is 1.20 bits per heavy atom. The smallest absolute Gasteiger partial charge is 0.303 e. The minimum absolute atomic E-state index is 0.0575. The Morgan fingerprint density at radius 2 is 1.80 bits per heavy atom. The zero-order valence-electron chi connectivity index (χ0n) is 11.7. The van der Waals surface area contributed by atoms with Gasteiger partial charge in [0.05, 0.1) is 11.5 Å². The zero-order chi connectivity index (χ0) is 15.2. The number of hydrogen-bond donors (Lipinski definition) is 0. The van der Waals surface area contributed by atoms with E-state index in [1.807, 2.05) is 6.92 Å². The molecule has 1 aromatic rings. The second kappa shape index (κ2) is 7.37. The van der Waals surface area contributed by atoms with Crippen molar-refractivity contribution < 1.29 is 26.9 Å². The lowest BCUT2D eigenvalue weighted by atomic mass is 10.2. The van der Waals surface area contributed by atoms with Gasteiger partial charge >= 0.3 is 5.97 Å². The molecule has 0 saturated carbocycles. The first-order chi connectivity index (χ1) is 9.35. The van der Waals surface area contributed by atoms with Crippen LogP contribution in [0.5, 0.6) is 0 Å². The van der Waals surface area contributed by atoms with Gasteiger partial charge in [-0.25, -0.2) is 0 Å². The summed E-state index contributed by atoms with van der Waals surface area (Å²) in [6, 6.07) is 6.27. The Balaban J connectivity index is 2.70. The molecule has 0 fully saturated rings. The molecule has 0 amide bonds. The van der Waals surface area contributed by atoms with Crippen LogP contribution in [-0.2, 0) is 28.6 Å². The minimum Gasteiger partial charge on any atom is -0.458 e.